The number of carbonyl (C=O) groups is 1. The van der Waals surface area contributed by atoms with Crippen molar-refractivity contribution in [2.75, 3.05) is 13.1 Å². The number of hydrogen-bond donors (Lipinski definition) is 1. The fourth-order valence-electron chi connectivity index (χ4n) is 3.49. The van der Waals surface area contributed by atoms with Crippen molar-refractivity contribution in [1.29, 1.82) is 0 Å². The maximum atomic E-state index is 13.7. The molecule has 1 fully saturated rings. The minimum Gasteiger partial charge on any atom is -0.443 e. The zero-order valence-electron chi connectivity index (χ0n) is 19.8. The maximum absolute atomic E-state index is 13.7. The molecule has 13 nitrogen and oxygen atoms in total. The second-order valence-electron chi connectivity index (χ2n) is 8.97. The van der Waals surface area contributed by atoms with E-state index in [1.165, 1.54) is 30.0 Å². The Hall–Kier alpha value is -2.76. The van der Waals surface area contributed by atoms with Crippen LogP contribution in [0.1, 0.15) is 33.6 Å². The van der Waals surface area contributed by atoms with Gasteiger partial charge >= 0.3 is 22.1 Å². The van der Waals surface area contributed by atoms with Crippen LogP contribution in [-0.2, 0) is 14.9 Å². The van der Waals surface area contributed by atoms with Crippen LogP contribution in [0.3, 0.4) is 0 Å². The average molecular weight is 621 g/mol. The summed E-state index contributed by atoms with van der Waals surface area (Å²) in [4.78, 5) is 24.4. The van der Waals surface area contributed by atoms with Crippen molar-refractivity contribution in [2.24, 2.45) is 0 Å². The Balaban J connectivity index is 1.53. The lowest BCUT2D eigenvalue weighted by Gasteiger charge is -2.31. The fourth-order valence-corrected chi connectivity index (χ4v) is 6.25. The van der Waals surface area contributed by atoms with E-state index in [4.69, 9.17) is 13.9 Å². The molecule has 2 aromatic heterocycles. The topological polar surface area (TPSA) is 163 Å². The number of thioether (sulfide) groups is 1. The van der Waals surface area contributed by atoms with Gasteiger partial charge in [0.05, 0.1) is 10.2 Å². The first kappa shape index (κ1) is 27.3. The van der Waals surface area contributed by atoms with Gasteiger partial charge in [-0.15, -0.1) is 0 Å². The number of amides is 1. The highest BCUT2D eigenvalue weighted by Gasteiger charge is 2.34. The van der Waals surface area contributed by atoms with Gasteiger partial charge in [0.2, 0.25) is 5.82 Å². The highest BCUT2D eigenvalue weighted by Crippen LogP contribution is 2.35. The van der Waals surface area contributed by atoms with E-state index in [0.717, 1.165) is 8.87 Å². The summed E-state index contributed by atoms with van der Waals surface area (Å²) in [6.07, 6.45) is 0.0827. The molecule has 200 valence electrons. The summed E-state index contributed by atoms with van der Waals surface area (Å²) < 4.78 is 58.2. The second-order valence-corrected chi connectivity index (χ2v) is 12.8. The van der Waals surface area contributed by atoms with Crippen molar-refractivity contribution in [1.82, 2.24) is 29.1 Å². The minimum absolute atomic E-state index is 0.0286. The molecule has 0 spiro atoms. The summed E-state index contributed by atoms with van der Waals surface area (Å²) in [7, 11) is -4.15. The summed E-state index contributed by atoms with van der Waals surface area (Å²) in [5.74, 6) is -1.39. The van der Waals surface area contributed by atoms with Gasteiger partial charge in [0.15, 0.2) is 10.7 Å². The monoisotopic (exact) mass is 620 g/mol. The second kappa shape index (κ2) is 10.5. The lowest BCUT2D eigenvalue weighted by Crippen LogP contribution is -2.49. The summed E-state index contributed by atoms with van der Waals surface area (Å²) in [5.41, 5.74) is -0.512. The first-order valence-corrected chi connectivity index (χ1v) is 14.0. The number of ether oxygens (including phenoxy) is 1. The number of aromatic nitrogens is 4. The van der Waals surface area contributed by atoms with E-state index in [-0.39, 0.29) is 45.0 Å². The Kier molecular flexibility index (Phi) is 7.77. The SMILES string of the molecule is CC(C)(C)OC(=O)NS(=O)(=O)N1CCC[C@@H](Sc2nonc2-c2noc(=O)n2-c2ccc(F)c(Br)c2)C1. The van der Waals surface area contributed by atoms with Gasteiger partial charge in [0.25, 0.3) is 0 Å². The summed E-state index contributed by atoms with van der Waals surface area (Å²) in [6.45, 7) is 5.14. The van der Waals surface area contributed by atoms with Crippen LogP contribution in [0, 0.1) is 5.82 Å². The Morgan fingerprint density at radius 2 is 2.05 bits per heavy atom. The van der Waals surface area contributed by atoms with Gasteiger partial charge in [0.1, 0.15) is 11.4 Å². The number of benzene rings is 1. The Morgan fingerprint density at radius 3 is 2.76 bits per heavy atom. The van der Waals surface area contributed by atoms with Crippen molar-refractivity contribution in [3.8, 4) is 17.2 Å². The fraction of sp³-hybridized carbons (Fsp3) is 0.450. The number of nitrogens with one attached hydrogen (secondary N) is 1. The highest BCUT2D eigenvalue weighted by molar-refractivity contribution is 9.10. The Bertz CT molecular complexity index is 1470. The summed E-state index contributed by atoms with van der Waals surface area (Å²) >= 11 is 4.26. The molecule has 0 radical (unpaired) electrons. The highest BCUT2D eigenvalue weighted by atomic mass is 79.9. The summed E-state index contributed by atoms with van der Waals surface area (Å²) in [6, 6.07) is 3.91. The largest absolute Gasteiger partial charge is 0.446 e. The summed E-state index contributed by atoms with van der Waals surface area (Å²) in [5, 5.41) is 11.5. The van der Waals surface area contributed by atoms with Crippen molar-refractivity contribution >= 4 is 44.0 Å². The molecule has 1 saturated heterocycles. The van der Waals surface area contributed by atoms with E-state index in [9.17, 15) is 22.4 Å². The van der Waals surface area contributed by atoms with Gasteiger partial charge in [-0.2, -0.15) is 12.7 Å². The molecule has 4 rings (SSSR count). The normalized spacial score (nSPS) is 17.1. The quantitative estimate of drug-likeness (QED) is 0.430. The Labute approximate surface area is 223 Å². The van der Waals surface area contributed by atoms with Crippen LogP contribution in [0.15, 0.2) is 41.6 Å². The van der Waals surface area contributed by atoms with Crippen LogP contribution < -0.4 is 10.5 Å². The van der Waals surface area contributed by atoms with E-state index in [1.807, 2.05) is 4.72 Å². The van der Waals surface area contributed by atoms with Crippen molar-refractivity contribution in [2.45, 2.75) is 49.5 Å². The number of piperidine rings is 1. The van der Waals surface area contributed by atoms with Crippen LogP contribution in [0.5, 0.6) is 0 Å². The minimum atomic E-state index is -4.15. The van der Waals surface area contributed by atoms with E-state index in [1.54, 1.807) is 20.8 Å². The number of hydrogen-bond acceptors (Lipinski definition) is 11. The maximum Gasteiger partial charge on any atom is 0.446 e. The predicted octanol–water partition coefficient (Wildman–Crippen LogP) is 3.10. The number of carbonyl (C=O) groups excluding carboxylic acids is 1. The first-order valence-electron chi connectivity index (χ1n) is 10.9. The molecule has 3 aromatic rings. The van der Waals surface area contributed by atoms with Crippen LogP contribution in [0.4, 0.5) is 9.18 Å². The molecular formula is C20H22BrFN6O7S2. The zero-order chi connectivity index (χ0) is 27.0. The molecule has 1 N–H and O–H groups in total. The first-order chi connectivity index (χ1) is 17.3. The number of nitrogens with zero attached hydrogens (tertiary/aromatic N) is 5. The molecule has 1 aliphatic heterocycles. The molecule has 0 saturated carbocycles. The lowest BCUT2D eigenvalue weighted by molar-refractivity contribution is 0.0566. The molecule has 37 heavy (non-hydrogen) atoms. The van der Waals surface area contributed by atoms with Crippen LogP contribution in [0.2, 0.25) is 0 Å². The zero-order valence-corrected chi connectivity index (χ0v) is 23.0. The third-order valence-corrected chi connectivity index (χ3v) is 8.26. The third kappa shape index (κ3) is 6.39. The van der Waals surface area contributed by atoms with E-state index in [2.05, 4.69) is 31.4 Å². The van der Waals surface area contributed by atoms with Gasteiger partial charge < -0.3 is 4.74 Å². The van der Waals surface area contributed by atoms with Gasteiger partial charge in [-0.25, -0.2) is 27.9 Å². The molecule has 1 aliphatic rings. The van der Waals surface area contributed by atoms with E-state index >= 15 is 0 Å². The molecule has 0 aliphatic carbocycles. The smallest absolute Gasteiger partial charge is 0.443 e. The van der Waals surface area contributed by atoms with Gasteiger partial charge in [-0.1, -0.05) is 16.9 Å². The molecule has 1 aromatic carbocycles. The van der Waals surface area contributed by atoms with Gasteiger partial charge in [-0.3, -0.25) is 4.52 Å². The van der Waals surface area contributed by atoms with E-state index in [0.29, 0.717) is 12.8 Å². The molecule has 3 heterocycles. The van der Waals surface area contributed by atoms with E-state index < -0.39 is 33.5 Å². The lowest BCUT2D eigenvalue weighted by atomic mass is 10.2. The van der Waals surface area contributed by atoms with Crippen molar-refractivity contribution < 1.29 is 31.5 Å². The molecule has 1 amide bonds. The molecular weight excluding hydrogens is 599 g/mol. The van der Waals surface area contributed by atoms with Crippen molar-refractivity contribution in [3.05, 3.63) is 39.0 Å². The molecule has 0 bridgehead atoms. The number of halogens is 2. The molecule has 17 heteroatoms. The standard InChI is InChI=1S/C20H22BrFN6O7S2/c1-20(2,3)33-18(29)26-37(31,32)27-8-4-5-12(10-27)36-17-15(23-35-25-17)16-24-34-19(30)28(16)11-6-7-14(22)13(21)9-11/h6-7,9,12H,4-5,8,10H2,1-3H3,(H,26,29)/t12-/m1/s1. The molecule has 0 unspecified atom stereocenters. The predicted molar refractivity (Wildman–Crippen MR) is 132 cm³/mol. The molecule has 1 atom stereocenters. The Morgan fingerprint density at radius 1 is 1.30 bits per heavy atom. The van der Waals surface area contributed by atoms with Crippen LogP contribution in [-0.4, -0.2) is 62.8 Å². The number of rotatable bonds is 6. The van der Waals surface area contributed by atoms with Crippen LogP contribution in [0.25, 0.3) is 17.2 Å². The van der Waals surface area contributed by atoms with Crippen LogP contribution >= 0.6 is 27.7 Å². The van der Waals surface area contributed by atoms with Gasteiger partial charge in [0, 0.05) is 18.3 Å². The van der Waals surface area contributed by atoms with Crippen molar-refractivity contribution in [3.63, 3.8) is 0 Å². The average Bonchev–Trinajstić information content (AvgIpc) is 3.40. The van der Waals surface area contributed by atoms with Gasteiger partial charge in [-0.05, 0) is 78.1 Å². The third-order valence-electron chi connectivity index (χ3n) is 5.01.